The number of nitrogens with one attached hydrogen (secondary N) is 1. The van der Waals surface area contributed by atoms with E-state index >= 15 is 0 Å². The molecule has 1 N–H and O–H groups in total. The van der Waals surface area contributed by atoms with Gasteiger partial charge in [-0.3, -0.25) is 5.10 Å². The zero-order valence-corrected chi connectivity index (χ0v) is 10.3. The van der Waals surface area contributed by atoms with Crippen LogP contribution >= 0.6 is 0 Å². The topological polar surface area (TPSA) is 68.1 Å². The highest BCUT2D eigenvalue weighted by Gasteiger charge is 2.20. The van der Waals surface area contributed by atoms with Gasteiger partial charge in [-0.15, -0.1) is 0 Å². The Labute approximate surface area is 109 Å². The SMILES string of the molecule is c1n[nH]cc1-c1cnc2ccc([C@H]3CCOC3)nn12. The predicted molar refractivity (Wildman–Crippen MR) is 68.7 cm³/mol. The summed E-state index contributed by atoms with van der Waals surface area (Å²) in [6.07, 6.45) is 6.48. The fourth-order valence-electron chi connectivity index (χ4n) is 2.46. The molecule has 0 spiro atoms. The molecule has 0 aromatic carbocycles. The minimum absolute atomic E-state index is 0.393. The molecule has 96 valence electrons. The van der Waals surface area contributed by atoms with Gasteiger partial charge in [0.1, 0.15) is 0 Å². The highest BCUT2D eigenvalue weighted by atomic mass is 16.5. The summed E-state index contributed by atoms with van der Waals surface area (Å²) in [7, 11) is 0. The lowest BCUT2D eigenvalue weighted by molar-refractivity contribution is 0.193. The van der Waals surface area contributed by atoms with Crippen molar-refractivity contribution in [2.24, 2.45) is 0 Å². The number of fused-ring (bicyclic) bond motifs is 1. The molecule has 3 aromatic rings. The number of nitrogens with zero attached hydrogens (tertiary/aromatic N) is 4. The van der Waals surface area contributed by atoms with Gasteiger partial charge in [0.25, 0.3) is 0 Å². The molecule has 1 fully saturated rings. The van der Waals surface area contributed by atoms with Crippen molar-refractivity contribution in [2.75, 3.05) is 13.2 Å². The molecule has 4 heterocycles. The quantitative estimate of drug-likeness (QED) is 0.755. The van der Waals surface area contributed by atoms with Gasteiger partial charge in [0.15, 0.2) is 5.65 Å². The molecule has 0 radical (unpaired) electrons. The molecule has 6 heteroatoms. The van der Waals surface area contributed by atoms with Gasteiger partial charge in [-0.25, -0.2) is 9.50 Å². The van der Waals surface area contributed by atoms with Crippen LogP contribution in [-0.2, 0) is 4.74 Å². The highest BCUT2D eigenvalue weighted by Crippen LogP contribution is 2.25. The van der Waals surface area contributed by atoms with E-state index in [9.17, 15) is 0 Å². The summed E-state index contributed by atoms with van der Waals surface area (Å²) in [5, 5.41) is 11.5. The summed E-state index contributed by atoms with van der Waals surface area (Å²) in [6, 6.07) is 4.05. The average molecular weight is 255 g/mol. The lowest BCUT2D eigenvalue weighted by Gasteiger charge is -2.07. The lowest BCUT2D eigenvalue weighted by Crippen LogP contribution is -2.05. The van der Waals surface area contributed by atoms with E-state index in [1.165, 1.54) is 0 Å². The molecular formula is C13H13N5O. The van der Waals surface area contributed by atoms with Gasteiger partial charge in [0.2, 0.25) is 0 Å². The van der Waals surface area contributed by atoms with E-state index in [1.807, 2.05) is 29.0 Å². The molecule has 0 saturated carbocycles. The number of aromatic amines is 1. The number of imidazole rings is 1. The van der Waals surface area contributed by atoms with Crippen molar-refractivity contribution < 1.29 is 4.74 Å². The van der Waals surface area contributed by atoms with Crippen LogP contribution < -0.4 is 0 Å². The van der Waals surface area contributed by atoms with Crippen molar-refractivity contribution in [3.05, 3.63) is 36.4 Å². The molecule has 4 rings (SSSR count). The second-order valence-electron chi connectivity index (χ2n) is 4.72. The highest BCUT2D eigenvalue weighted by molar-refractivity contribution is 5.61. The van der Waals surface area contributed by atoms with Crippen LogP contribution in [0.15, 0.2) is 30.7 Å². The molecule has 1 aliphatic rings. The molecule has 0 aliphatic carbocycles. The van der Waals surface area contributed by atoms with Crippen molar-refractivity contribution in [3.8, 4) is 11.3 Å². The first-order chi connectivity index (χ1) is 9.42. The Morgan fingerprint density at radius 2 is 2.32 bits per heavy atom. The van der Waals surface area contributed by atoms with Gasteiger partial charge in [0.05, 0.1) is 30.4 Å². The lowest BCUT2D eigenvalue weighted by atomic mass is 10.1. The van der Waals surface area contributed by atoms with Crippen molar-refractivity contribution in [1.82, 2.24) is 24.8 Å². The van der Waals surface area contributed by atoms with Gasteiger partial charge in [0, 0.05) is 24.3 Å². The molecular weight excluding hydrogens is 242 g/mol. The molecule has 1 aliphatic heterocycles. The Balaban J connectivity index is 1.84. The van der Waals surface area contributed by atoms with Crippen molar-refractivity contribution >= 4 is 5.65 Å². The van der Waals surface area contributed by atoms with E-state index in [1.54, 1.807) is 6.20 Å². The van der Waals surface area contributed by atoms with Gasteiger partial charge >= 0.3 is 0 Å². The maximum absolute atomic E-state index is 5.43. The van der Waals surface area contributed by atoms with Crippen LogP contribution in [0.3, 0.4) is 0 Å². The molecule has 0 unspecified atom stereocenters. The third-order valence-corrected chi connectivity index (χ3v) is 3.52. The van der Waals surface area contributed by atoms with Crippen LogP contribution in [-0.4, -0.2) is 38.0 Å². The van der Waals surface area contributed by atoms with Crippen LogP contribution in [0.5, 0.6) is 0 Å². The van der Waals surface area contributed by atoms with Crippen LogP contribution in [0.4, 0.5) is 0 Å². The largest absolute Gasteiger partial charge is 0.381 e. The third kappa shape index (κ3) is 1.72. The van der Waals surface area contributed by atoms with Crippen LogP contribution in [0.1, 0.15) is 18.0 Å². The Hall–Kier alpha value is -2.21. The smallest absolute Gasteiger partial charge is 0.154 e. The van der Waals surface area contributed by atoms with Crippen LogP contribution in [0.25, 0.3) is 16.9 Å². The average Bonchev–Trinajstić information content (AvgIpc) is 3.18. The molecule has 19 heavy (non-hydrogen) atoms. The van der Waals surface area contributed by atoms with Crippen molar-refractivity contribution in [3.63, 3.8) is 0 Å². The monoisotopic (exact) mass is 255 g/mol. The summed E-state index contributed by atoms with van der Waals surface area (Å²) in [6.45, 7) is 1.58. The maximum atomic E-state index is 5.43. The first kappa shape index (κ1) is 10.7. The molecule has 1 atom stereocenters. The Morgan fingerprint density at radius 3 is 3.11 bits per heavy atom. The molecule has 1 saturated heterocycles. The molecule has 3 aromatic heterocycles. The molecule has 6 nitrogen and oxygen atoms in total. The Kier molecular flexibility index (Phi) is 2.34. The van der Waals surface area contributed by atoms with E-state index in [-0.39, 0.29) is 0 Å². The number of H-pyrrole nitrogens is 1. The first-order valence-electron chi connectivity index (χ1n) is 6.33. The van der Waals surface area contributed by atoms with Gasteiger partial charge in [-0.2, -0.15) is 10.2 Å². The summed E-state index contributed by atoms with van der Waals surface area (Å²) in [5.41, 5.74) is 3.84. The van der Waals surface area contributed by atoms with E-state index in [0.29, 0.717) is 5.92 Å². The van der Waals surface area contributed by atoms with Crippen molar-refractivity contribution in [2.45, 2.75) is 12.3 Å². The predicted octanol–water partition coefficient (Wildman–Crippen LogP) is 1.62. The van der Waals surface area contributed by atoms with Gasteiger partial charge in [-0.1, -0.05) is 0 Å². The number of ether oxygens (including phenoxy) is 1. The van der Waals surface area contributed by atoms with E-state index in [2.05, 4.69) is 15.2 Å². The minimum atomic E-state index is 0.393. The maximum Gasteiger partial charge on any atom is 0.154 e. The van der Waals surface area contributed by atoms with Crippen LogP contribution in [0, 0.1) is 0 Å². The van der Waals surface area contributed by atoms with Crippen LogP contribution in [0.2, 0.25) is 0 Å². The second kappa shape index (κ2) is 4.17. The standard InChI is InChI=1S/C13H13N5O/c1-2-13-14-7-12(10-5-15-16-6-10)18(13)17-11(1)9-3-4-19-8-9/h1-2,5-7,9H,3-4,8H2,(H,15,16)/t9-/m0/s1. The summed E-state index contributed by atoms with van der Waals surface area (Å²) >= 11 is 0. The number of aromatic nitrogens is 5. The summed E-state index contributed by atoms with van der Waals surface area (Å²) in [5.74, 6) is 0.393. The van der Waals surface area contributed by atoms with E-state index in [0.717, 1.165) is 42.2 Å². The fourth-order valence-corrected chi connectivity index (χ4v) is 2.46. The number of hydrogen-bond acceptors (Lipinski definition) is 4. The van der Waals surface area contributed by atoms with E-state index in [4.69, 9.17) is 9.84 Å². The minimum Gasteiger partial charge on any atom is -0.381 e. The molecule has 0 amide bonds. The summed E-state index contributed by atoms with van der Waals surface area (Å²) in [4.78, 5) is 4.37. The second-order valence-corrected chi connectivity index (χ2v) is 4.72. The number of rotatable bonds is 2. The van der Waals surface area contributed by atoms with Gasteiger partial charge < -0.3 is 4.74 Å². The normalized spacial score (nSPS) is 19.3. The first-order valence-corrected chi connectivity index (χ1v) is 6.33. The Morgan fingerprint density at radius 1 is 1.32 bits per heavy atom. The van der Waals surface area contributed by atoms with Gasteiger partial charge in [-0.05, 0) is 18.6 Å². The fraction of sp³-hybridized carbons (Fsp3) is 0.308. The third-order valence-electron chi connectivity index (χ3n) is 3.52. The van der Waals surface area contributed by atoms with E-state index < -0.39 is 0 Å². The van der Waals surface area contributed by atoms with Crippen molar-refractivity contribution in [1.29, 1.82) is 0 Å². The molecule has 0 bridgehead atoms. The Bertz CT molecular complexity index is 697. The zero-order valence-electron chi connectivity index (χ0n) is 10.3. The zero-order chi connectivity index (χ0) is 12.7. The number of hydrogen-bond donors (Lipinski definition) is 1. The summed E-state index contributed by atoms with van der Waals surface area (Å²) < 4.78 is 7.30.